The highest BCUT2D eigenvalue weighted by atomic mass is 16.5. The largest absolute Gasteiger partial charge is 0.462 e. The maximum atomic E-state index is 11.8. The van der Waals surface area contributed by atoms with E-state index in [0.29, 0.717) is 23.7 Å². The van der Waals surface area contributed by atoms with E-state index in [-0.39, 0.29) is 5.97 Å². The van der Waals surface area contributed by atoms with Crippen LogP contribution in [0.1, 0.15) is 23.0 Å². The van der Waals surface area contributed by atoms with Gasteiger partial charge in [-0.25, -0.2) is 4.79 Å². The number of nitrogens with zero attached hydrogens (tertiary/aromatic N) is 1. The second-order valence-electron chi connectivity index (χ2n) is 5.24. The van der Waals surface area contributed by atoms with E-state index in [1.165, 1.54) is 0 Å². The Hall–Kier alpha value is -3.34. The minimum absolute atomic E-state index is 0.343. The molecule has 126 valence electrons. The van der Waals surface area contributed by atoms with Gasteiger partial charge in [0.05, 0.1) is 24.1 Å². The van der Waals surface area contributed by atoms with Crippen LogP contribution in [0.5, 0.6) is 0 Å². The molecule has 1 aromatic heterocycles. The molecule has 1 N–H and O–H groups in total. The number of furan rings is 1. The number of carbonyl (C=O) groups is 1. The molecule has 0 bridgehead atoms. The SMILES string of the molecule is CCOC(=O)c1cccc(-c2ccc(/C=N\Nc3ccccc3)o2)c1. The maximum absolute atomic E-state index is 11.8. The van der Waals surface area contributed by atoms with E-state index in [9.17, 15) is 4.79 Å². The van der Waals surface area contributed by atoms with Gasteiger partial charge in [-0.1, -0.05) is 30.3 Å². The topological polar surface area (TPSA) is 63.8 Å². The van der Waals surface area contributed by atoms with E-state index >= 15 is 0 Å². The Morgan fingerprint density at radius 2 is 1.96 bits per heavy atom. The van der Waals surface area contributed by atoms with E-state index in [0.717, 1.165) is 11.3 Å². The minimum Gasteiger partial charge on any atom is -0.462 e. The third kappa shape index (κ3) is 4.35. The first kappa shape index (κ1) is 16.5. The van der Waals surface area contributed by atoms with Crippen LogP contribution < -0.4 is 5.43 Å². The molecule has 1 heterocycles. The molecular formula is C20H18N2O3. The van der Waals surface area contributed by atoms with Crippen LogP contribution in [0.2, 0.25) is 0 Å². The van der Waals surface area contributed by atoms with Crippen LogP contribution in [0.15, 0.2) is 76.2 Å². The summed E-state index contributed by atoms with van der Waals surface area (Å²) in [4.78, 5) is 11.8. The summed E-state index contributed by atoms with van der Waals surface area (Å²) in [6, 6.07) is 20.5. The number of para-hydroxylation sites is 1. The molecule has 0 aliphatic heterocycles. The average Bonchev–Trinajstić information content (AvgIpc) is 3.12. The minimum atomic E-state index is -0.343. The predicted octanol–water partition coefficient (Wildman–Crippen LogP) is 4.57. The van der Waals surface area contributed by atoms with E-state index in [2.05, 4.69) is 10.5 Å². The van der Waals surface area contributed by atoms with Gasteiger partial charge in [-0.3, -0.25) is 5.43 Å². The Kier molecular flexibility index (Phi) is 5.26. The zero-order chi connectivity index (χ0) is 17.5. The third-order valence-electron chi connectivity index (χ3n) is 3.44. The molecule has 2 aromatic carbocycles. The molecule has 25 heavy (non-hydrogen) atoms. The standard InChI is InChI=1S/C20H18N2O3/c1-2-24-20(23)16-8-6-7-15(13-16)19-12-11-18(25-19)14-21-22-17-9-4-3-5-10-17/h3-14,22H,2H2,1H3/b21-14-. The first-order valence-electron chi connectivity index (χ1n) is 7.98. The molecule has 0 saturated heterocycles. The Morgan fingerprint density at radius 1 is 1.12 bits per heavy atom. The number of ether oxygens (including phenoxy) is 1. The highest BCUT2D eigenvalue weighted by Crippen LogP contribution is 2.23. The molecule has 0 saturated carbocycles. The fraction of sp³-hybridized carbons (Fsp3) is 0.100. The predicted molar refractivity (Wildman–Crippen MR) is 97.8 cm³/mol. The number of hydrazone groups is 1. The molecule has 0 radical (unpaired) electrons. The molecule has 3 aromatic rings. The Balaban J connectivity index is 1.71. The lowest BCUT2D eigenvalue weighted by atomic mass is 10.1. The van der Waals surface area contributed by atoms with E-state index in [1.54, 1.807) is 31.3 Å². The lowest BCUT2D eigenvalue weighted by Crippen LogP contribution is -2.04. The normalized spacial score (nSPS) is 10.8. The van der Waals surface area contributed by atoms with Gasteiger partial charge in [0.1, 0.15) is 11.5 Å². The van der Waals surface area contributed by atoms with E-state index in [4.69, 9.17) is 9.15 Å². The molecule has 0 spiro atoms. The fourth-order valence-electron chi connectivity index (χ4n) is 2.27. The Bertz CT molecular complexity index is 869. The number of carbonyl (C=O) groups excluding carboxylic acids is 1. The fourth-order valence-corrected chi connectivity index (χ4v) is 2.27. The highest BCUT2D eigenvalue weighted by Gasteiger charge is 2.09. The lowest BCUT2D eigenvalue weighted by Gasteiger charge is -2.03. The van der Waals surface area contributed by atoms with Crippen LogP contribution in [0.3, 0.4) is 0 Å². The molecule has 0 atom stereocenters. The third-order valence-corrected chi connectivity index (χ3v) is 3.44. The van der Waals surface area contributed by atoms with Crippen molar-refractivity contribution in [2.24, 2.45) is 5.10 Å². The molecule has 0 aliphatic carbocycles. The van der Waals surface area contributed by atoms with Crippen molar-refractivity contribution in [3.05, 3.63) is 78.1 Å². The van der Waals surface area contributed by atoms with Gasteiger partial charge >= 0.3 is 5.97 Å². The van der Waals surface area contributed by atoms with E-state index < -0.39 is 0 Å². The second-order valence-corrected chi connectivity index (χ2v) is 5.24. The van der Waals surface area contributed by atoms with Crippen molar-refractivity contribution in [1.82, 2.24) is 0 Å². The zero-order valence-corrected chi connectivity index (χ0v) is 13.8. The number of anilines is 1. The van der Waals surface area contributed by atoms with Crippen LogP contribution in [0.4, 0.5) is 5.69 Å². The lowest BCUT2D eigenvalue weighted by molar-refractivity contribution is 0.0526. The first-order chi connectivity index (χ1) is 12.3. The number of benzene rings is 2. The molecule has 5 heteroatoms. The molecule has 0 aliphatic rings. The van der Waals surface area contributed by atoms with Gasteiger partial charge in [0.15, 0.2) is 0 Å². The van der Waals surface area contributed by atoms with Gasteiger partial charge in [-0.2, -0.15) is 5.10 Å². The van der Waals surface area contributed by atoms with Crippen LogP contribution in [0.25, 0.3) is 11.3 Å². The van der Waals surface area contributed by atoms with Crippen molar-refractivity contribution < 1.29 is 13.9 Å². The van der Waals surface area contributed by atoms with Gasteiger partial charge < -0.3 is 9.15 Å². The molecule has 0 unspecified atom stereocenters. The smallest absolute Gasteiger partial charge is 0.338 e. The molecular weight excluding hydrogens is 316 g/mol. The molecule has 5 nitrogen and oxygen atoms in total. The van der Waals surface area contributed by atoms with Crippen molar-refractivity contribution >= 4 is 17.9 Å². The van der Waals surface area contributed by atoms with Gasteiger partial charge in [0, 0.05) is 5.56 Å². The van der Waals surface area contributed by atoms with Crippen LogP contribution in [-0.4, -0.2) is 18.8 Å². The molecule has 0 amide bonds. The summed E-state index contributed by atoms with van der Waals surface area (Å²) in [6.45, 7) is 2.13. The van der Waals surface area contributed by atoms with Crippen molar-refractivity contribution in [2.45, 2.75) is 6.92 Å². The maximum Gasteiger partial charge on any atom is 0.338 e. The number of rotatable bonds is 6. The van der Waals surface area contributed by atoms with E-state index in [1.807, 2.05) is 48.5 Å². The number of esters is 1. The quantitative estimate of drug-likeness (QED) is 0.407. The van der Waals surface area contributed by atoms with Crippen molar-refractivity contribution in [3.8, 4) is 11.3 Å². The molecule has 0 fully saturated rings. The summed E-state index contributed by atoms with van der Waals surface area (Å²) in [5, 5.41) is 4.15. The van der Waals surface area contributed by atoms with Gasteiger partial charge in [-0.05, 0) is 43.3 Å². The number of nitrogens with one attached hydrogen (secondary N) is 1. The highest BCUT2D eigenvalue weighted by molar-refractivity contribution is 5.91. The first-order valence-corrected chi connectivity index (χ1v) is 7.98. The van der Waals surface area contributed by atoms with Crippen LogP contribution in [0, 0.1) is 0 Å². The summed E-state index contributed by atoms with van der Waals surface area (Å²) in [7, 11) is 0. The number of hydrogen-bond acceptors (Lipinski definition) is 5. The van der Waals surface area contributed by atoms with Gasteiger partial charge in [0.2, 0.25) is 0 Å². The van der Waals surface area contributed by atoms with Gasteiger partial charge in [0.25, 0.3) is 0 Å². The second kappa shape index (κ2) is 7.97. The molecule has 3 rings (SSSR count). The average molecular weight is 334 g/mol. The van der Waals surface area contributed by atoms with Crippen molar-refractivity contribution in [3.63, 3.8) is 0 Å². The Labute approximate surface area is 145 Å². The summed E-state index contributed by atoms with van der Waals surface area (Å²) in [5.74, 6) is 0.928. The van der Waals surface area contributed by atoms with Gasteiger partial charge in [-0.15, -0.1) is 0 Å². The monoisotopic (exact) mass is 334 g/mol. The summed E-state index contributed by atoms with van der Waals surface area (Å²) in [6.07, 6.45) is 1.60. The van der Waals surface area contributed by atoms with Crippen LogP contribution in [-0.2, 0) is 4.74 Å². The Morgan fingerprint density at radius 3 is 2.76 bits per heavy atom. The van der Waals surface area contributed by atoms with Crippen molar-refractivity contribution in [1.29, 1.82) is 0 Å². The summed E-state index contributed by atoms with van der Waals surface area (Å²) >= 11 is 0. The number of hydrogen-bond donors (Lipinski definition) is 1. The van der Waals surface area contributed by atoms with Crippen molar-refractivity contribution in [2.75, 3.05) is 12.0 Å². The summed E-state index contributed by atoms with van der Waals surface area (Å²) in [5.41, 5.74) is 5.13. The zero-order valence-electron chi connectivity index (χ0n) is 13.8. The summed E-state index contributed by atoms with van der Waals surface area (Å²) < 4.78 is 10.8. The van der Waals surface area contributed by atoms with Crippen LogP contribution >= 0.6 is 0 Å².